The van der Waals surface area contributed by atoms with Crippen molar-refractivity contribution >= 4 is 22.8 Å². The summed E-state index contributed by atoms with van der Waals surface area (Å²) in [4.78, 5) is 32.9. The standard InChI is InChI=1S/C25H22FN7O4/c1-14-10-21(28-22(34)12-15-4-9-19(36-2)20(11-15)37-3)33(31-14)25-29-23-18(24(35)30-25)13-27-32(23)17-7-5-16(26)6-8-17/h4-11,13H,12H2,1-3H3,(H,28,34)(H,29,30,35). The van der Waals surface area contributed by atoms with E-state index in [4.69, 9.17) is 9.47 Å². The molecule has 0 aliphatic carbocycles. The van der Waals surface area contributed by atoms with Gasteiger partial charge < -0.3 is 14.8 Å². The number of benzene rings is 2. The number of nitrogens with zero attached hydrogens (tertiary/aromatic N) is 5. The summed E-state index contributed by atoms with van der Waals surface area (Å²) >= 11 is 0. The van der Waals surface area contributed by atoms with Crippen molar-refractivity contribution in [2.75, 3.05) is 19.5 Å². The van der Waals surface area contributed by atoms with E-state index in [1.807, 2.05) is 0 Å². The van der Waals surface area contributed by atoms with Gasteiger partial charge >= 0.3 is 0 Å². The number of ether oxygens (including phenoxy) is 2. The number of amides is 1. The molecule has 1 amide bonds. The lowest BCUT2D eigenvalue weighted by molar-refractivity contribution is -0.115. The maximum absolute atomic E-state index is 13.4. The van der Waals surface area contributed by atoms with Crippen molar-refractivity contribution in [2.45, 2.75) is 13.3 Å². The summed E-state index contributed by atoms with van der Waals surface area (Å²) < 4.78 is 26.7. The van der Waals surface area contributed by atoms with Crippen LogP contribution in [0.3, 0.4) is 0 Å². The SMILES string of the molecule is COc1ccc(CC(=O)Nc2cc(C)nn2-c2nc3c(cnn3-c3ccc(F)cc3)c(=O)[nH]2)cc1OC. The molecule has 0 saturated carbocycles. The van der Waals surface area contributed by atoms with Crippen LogP contribution in [-0.4, -0.2) is 49.7 Å². The van der Waals surface area contributed by atoms with Crippen molar-refractivity contribution in [3.05, 3.63) is 82.2 Å². The minimum Gasteiger partial charge on any atom is -0.493 e. The Labute approximate surface area is 209 Å². The number of hydrogen-bond acceptors (Lipinski definition) is 7. The second-order valence-corrected chi connectivity index (χ2v) is 8.16. The van der Waals surface area contributed by atoms with Gasteiger partial charge in [-0.25, -0.2) is 9.07 Å². The number of nitrogens with one attached hydrogen (secondary N) is 2. The maximum atomic E-state index is 13.4. The molecule has 0 fully saturated rings. The van der Waals surface area contributed by atoms with Crippen LogP contribution in [0.4, 0.5) is 10.2 Å². The van der Waals surface area contributed by atoms with Crippen LogP contribution >= 0.6 is 0 Å². The highest BCUT2D eigenvalue weighted by atomic mass is 19.1. The van der Waals surface area contributed by atoms with Crippen LogP contribution in [0.25, 0.3) is 22.7 Å². The van der Waals surface area contributed by atoms with Crippen LogP contribution in [0, 0.1) is 12.7 Å². The molecule has 188 valence electrons. The van der Waals surface area contributed by atoms with Gasteiger partial charge in [-0.3, -0.25) is 14.6 Å². The number of aromatic nitrogens is 6. The van der Waals surface area contributed by atoms with Crippen LogP contribution in [0.5, 0.6) is 11.5 Å². The highest BCUT2D eigenvalue weighted by molar-refractivity contribution is 5.92. The lowest BCUT2D eigenvalue weighted by Gasteiger charge is -2.11. The zero-order chi connectivity index (χ0) is 26.1. The van der Waals surface area contributed by atoms with Gasteiger partial charge in [0.15, 0.2) is 17.1 Å². The number of anilines is 1. The molecule has 0 saturated heterocycles. The zero-order valence-corrected chi connectivity index (χ0v) is 20.2. The highest BCUT2D eigenvalue weighted by Gasteiger charge is 2.17. The topological polar surface area (TPSA) is 129 Å². The predicted molar refractivity (Wildman–Crippen MR) is 133 cm³/mol. The third-order valence-corrected chi connectivity index (χ3v) is 5.61. The Kier molecular flexibility index (Phi) is 6.14. The van der Waals surface area contributed by atoms with Gasteiger partial charge in [0.25, 0.3) is 5.56 Å². The molecule has 0 radical (unpaired) electrons. The molecule has 11 nitrogen and oxygen atoms in total. The molecule has 5 aromatic rings. The van der Waals surface area contributed by atoms with E-state index in [1.54, 1.807) is 31.2 Å². The van der Waals surface area contributed by atoms with Crippen molar-refractivity contribution in [3.8, 4) is 23.1 Å². The van der Waals surface area contributed by atoms with Gasteiger partial charge in [0.1, 0.15) is 17.0 Å². The van der Waals surface area contributed by atoms with Crippen LogP contribution in [0.15, 0.2) is 59.5 Å². The van der Waals surface area contributed by atoms with Crippen LogP contribution < -0.4 is 20.3 Å². The largest absolute Gasteiger partial charge is 0.493 e. The van der Waals surface area contributed by atoms with E-state index in [-0.39, 0.29) is 29.3 Å². The van der Waals surface area contributed by atoms with Gasteiger partial charge in [-0.15, -0.1) is 0 Å². The number of carbonyl (C=O) groups is 1. The Balaban J connectivity index is 1.47. The summed E-state index contributed by atoms with van der Waals surface area (Å²) in [6, 6.07) is 12.5. The maximum Gasteiger partial charge on any atom is 0.263 e. The fourth-order valence-electron chi connectivity index (χ4n) is 3.89. The molecule has 3 aromatic heterocycles. The Bertz CT molecular complexity index is 1670. The fraction of sp³-hybridized carbons (Fsp3) is 0.160. The predicted octanol–water partition coefficient (Wildman–Crippen LogP) is 2.94. The molecule has 5 rings (SSSR count). The van der Waals surface area contributed by atoms with Gasteiger partial charge in [0, 0.05) is 6.07 Å². The lowest BCUT2D eigenvalue weighted by Crippen LogP contribution is -2.20. The number of aryl methyl sites for hydroxylation is 1. The van der Waals surface area contributed by atoms with Crippen molar-refractivity contribution in [1.29, 1.82) is 0 Å². The second-order valence-electron chi connectivity index (χ2n) is 8.16. The monoisotopic (exact) mass is 503 g/mol. The van der Waals surface area contributed by atoms with E-state index in [1.165, 1.54) is 54.0 Å². The summed E-state index contributed by atoms with van der Waals surface area (Å²) in [5.74, 6) is 0.765. The van der Waals surface area contributed by atoms with Gasteiger partial charge in [0.05, 0.1) is 38.2 Å². The van der Waals surface area contributed by atoms with E-state index < -0.39 is 11.4 Å². The summed E-state index contributed by atoms with van der Waals surface area (Å²) in [5, 5.41) is 11.7. The Hall–Kier alpha value is -5.00. The summed E-state index contributed by atoms with van der Waals surface area (Å²) in [6.07, 6.45) is 1.44. The number of rotatable bonds is 7. The number of aromatic amines is 1. The summed E-state index contributed by atoms with van der Waals surface area (Å²) in [7, 11) is 3.06. The van der Waals surface area contributed by atoms with Crippen LogP contribution in [0.2, 0.25) is 0 Å². The molecule has 12 heteroatoms. The van der Waals surface area contributed by atoms with E-state index >= 15 is 0 Å². The first kappa shape index (κ1) is 23.7. The van der Waals surface area contributed by atoms with E-state index in [0.29, 0.717) is 34.3 Å². The molecular weight excluding hydrogens is 481 g/mol. The number of hydrogen-bond donors (Lipinski definition) is 2. The van der Waals surface area contributed by atoms with Crippen LogP contribution in [0.1, 0.15) is 11.3 Å². The molecule has 0 bridgehead atoms. The summed E-state index contributed by atoms with van der Waals surface area (Å²) in [6.45, 7) is 1.75. The minimum atomic E-state index is -0.441. The average Bonchev–Trinajstić information content (AvgIpc) is 3.47. The van der Waals surface area contributed by atoms with Gasteiger partial charge in [0.2, 0.25) is 11.9 Å². The molecule has 2 aromatic carbocycles. The molecule has 37 heavy (non-hydrogen) atoms. The quantitative estimate of drug-likeness (QED) is 0.349. The fourth-order valence-corrected chi connectivity index (χ4v) is 3.89. The minimum absolute atomic E-state index is 0.0604. The lowest BCUT2D eigenvalue weighted by atomic mass is 10.1. The smallest absolute Gasteiger partial charge is 0.263 e. The first-order valence-corrected chi connectivity index (χ1v) is 11.2. The number of H-pyrrole nitrogens is 1. The zero-order valence-electron chi connectivity index (χ0n) is 20.2. The molecule has 0 aliphatic rings. The van der Waals surface area contributed by atoms with Crippen molar-refractivity contribution in [2.24, 2.45) is 0 Å². The Morgan fingerprint density at radius 2 is 1.81 bits per heavy atom. The number of methoxy groups -OCH3 is 2. The van der Waals surface area contributed by atoms with Crippen molar-refractivity contribution < 1.29 is 18.7 Å². The summed E-state index contributed by atoms with van der Waals surface area (Å²) in [5.41, 5.74) is 1.65. The number of carbonyl (C=O) groups excluding carboxylic acids is 1. The van der Waals surface area contributed by atoms with E-state index in [2.05, 4.69) is 25.5 Å². The van der Waals surface area contributed by atoms with E-state index in [0.717, 1.165) is 0 Å². The number of fused-ring (bicyclic) bond motifs is 1. The van der Waals surface area contributed by atoms with Gasteiger partial charge in [-0.05, 0) is 48.9 Å². The van der Waals surface area contributed by atoms with Gasteiger partial charge in [-0.1, -0.05) is 6.07 Å². The average molecular weight is 503 g/mol. The first-order valence-electron chi connectivity index (χ1n) is 11.2. The van der Waals surface area contributed by atoms with E-state index in [9.17, 15) is 14.0 Å². The molecule has 0 atom stereocenters. The van der Waals surface area contributed by atoms with Crippen molar-refractivity contribution in [1.82, 2.24) is 29.5 Å². The second kappa shape index (κ2) is 9.57. The Morgan fingerprint density at radius 3 is 2.54 bits per heavy atom. The van der Waals surface area contributed by atoms with Crippen molar-refractivity contribution in [3.63, 3.8) is 0 Å². The first-order chi connectivity index (χ1) is 17.9. The van der Waals surface area contributed by atoms with Crippen LogP contribution in [-0.2, 0) is 11.2 Å². The molecular formula is C25H22FN7O4. The van der Waals surface area contributed by atoms with Gasteiger partial charge in [-0.2, -0.15) is 19.9 Å². The third kappa shape index (κ3) is 4.63. The molecule has 0 aliphatic heterocycles. The molecule has 0 spiro atoms. The molecule has 3 heterocycles. The molecule has 2 N–H and O–H groups in total. The number of halogens is 1. The third-order valence-electron chi connectivity index (χ3n) is 5.61. The Morgan fingerprint density at radius 1 is 1.05 bits per heavy atom. The molecule has 0 unspecified atom stereocenters. The normalized spacial score (nSPS) is 11.0. The highest BCUT2D eigenvalue weighted by Crippen LogP contribution is 2.28.